The molecule has 0 fully saturated rings. The van der Waals surface area contributed by atoms with Crippen LogP contribution < -0.4 is 15.2 Å². The summed E-state index contributed by atoms with van der Waals surface area (Å²) in [6, 6.07) is 5.01. The van der Waals surface area contributed by atoms with Crippen LogP contribution in [0.25, 0.3) is 17.0 Å². The van der Waals surface area contributed by atoms with Crippen LogP contribution in [0.4, 0.5) is 5.69 Å². The first-order chi connectivity index (χ1) is 17.4. The van der Waals surface area contributed by atoms with Gasteiger partial charge in [0.2, 0.25) is 15.8 Å². The molecule has 0 aliphatic heterocycles. The fourth-order valence-corrected chi connectivity index (χ4v) is 6.72. The van der Waals surface area contributed by atoms with E-state index < -0.39 is 21.4 Å². The Bertz CT molecular complexity index is 1360. The van der Waals surface area contributed by atoms with E-state index in [0.29, 0.717) is 41.6 Å². The molecule has 0 spiro atoms. The van der Waals surface area contributed by atoms with Gasteiger partial charge in [-0.3, -0.25) is 4.79 Å². The first kappa shape index (κ1) is 26.9. The van der Waals surface area contributed by atoms with Crippen LogP contribution in [-0.4, -0.2) is 49.5 Å². The Balaban J connectivity index is 1.52. The molecule has 0 radical (unpaired) electrons. The minimum atomic E-state index is -3.73. The van der Waals surface area contributed by atoms with Gasteiger partial charge in [0.05, 0.1) is 30.1 Å². The minimum Gasteiger partial charge on any atom is -0.489 e. The van der Waals surface area contributed by atoms with E-state index in [1.54, 1.807) is 26.0 Å². The van der Waals surface area contributed by atoms with Crippen molar-refractivity contribution in [2.45, 2.75) is 65.5 Å². The van der Waals surface area contributed by atoms with E-state index in [4.69, 9.17) is 19.7 Å². The highest BCUT2D eigenvalue weighted by Crippen LogP contribution is 2.42. The van der Waals surface area contributed by atoms with Crippen molar-refractivity contribution in [3.63, 3.8) is 0 Å². The number of rotatable bonds is 9. The molecule has 1 aromatic heterocycles. The zero-order valence-electron chi connectivity index (χ0n) is 21.8. The fraction of sp³-hybridized carbons (Fsp3) is 0.500. The van der Waals surface area contributed by atoms with Gasteiger partial charge < -0.3 is 19.7 Å². The Morgan fingerprint density at radius 2 is 2.05 bits per heavy atom. The molecule has 0 saturated carbocycles. The number of nitrogens with zero attached hydrogens (tertiary/aromatic N) is 2. The molecule has 1 heterocycles. The molecule has 1 atom stereocenters. The Hall–Kier alpha value is -3.18. The molecule has 37 heavy (non-hydrogen) atoms. The largest absolute Gasteiger partial charge is 0.489 e. The molecule has 0 unspecified atom stereocenters. The predicted molar refractivity (Wildman–Crippen MR) is 140 cm³/mol. The first-order valence-electron chi connectivity index (χ1n) is 12.3. The van der Waals surface area contributed by atoms with Gasteiger partial charge in [0.15, 0.2) is 0 Å². The topological polar surface area (TPSA) is 147 Å². The van der Waals surface area contributed by atoms with Crippen molar-refractivity contribution in [1.29, 1.82) is 0 Å². The summed E-state index contributed by atoms with van der Waals surface area (Å²) in [5.74, 6) is 0.471. The van der Waals surface area contributed by atoms with Crippen molar-refractivity contribution in [2.75, 3.05) is 18.6 Å². The van der Waals surface area contributed by atoms with Crippen molar-refractivity contribution in [2.24, 2.45) is 5.41 Å². The van der Waals surface area contributed by atoms with Gasteiger partial charge in [-0.15, -0.1) is 0 Å². The van der Waals surface area contributed by atoms with Crippen LogP contribution in [0.3, 0.4) is 0 Å². The lowest BCUT2D eigenvalue weighted by Crippen LogP contribution is -2.42. The molecule has 0 amide bonds. The molecule has 200 valence electrons. The monoisotopic (exact) mass is 530 g/mol. The lowest BCUT2D eigenvalue weighted by atomic mass is 9.91. The van der Waals surface area contributed by atoms with Crippen LogP contribution in [-0.2, 0) is 19.6 Å². The summed E-state index contributed by atoms with van der Waals surface area (Å²) in [4.78, 5) is 16.6. The van der Waals surface area contributed by atoms with Crippen molar-refractivity contribution < 1.29 is 27.2 Å². The number of hydrogen-bond acceptors (Lipinski definition) is 9. The van der Waals surface area contributed by atoms with Crippen LogP contribution in [0.5, 0.6) is 5.75 Å². The summed E-state index contributed by atoms with van der Waals surface area (Å²) in [5, 5.41) is 4.20. The van der Waals surface area contributed by atoms with Crippen molar-refractivity contribution >= 4 is 27.3 Å². The number of esters is 1. The Morgan fingerprint density at radius 1 is 1.30 bits per heavy atom. The van der Waals surface area contributed by atoms with Crippen LogP contribution in [0.1, 0.15) is 59.2 Å². The SMILES string of the molecule is COC(=O)C(C)(C)CS(=O)(=O)N[C@H]1CCC2=C1CCC=C2c1noc(-c2ccc(OC(C)C)c(N)c2)n1. The van der Waals surface area contributed by atoms with Crippen molar-refractivity contribution in [3.8, 4) is 17.2 Å². The molecular formula is C26H34N4O6S. The Labute approximate surface area is 217 Å². The molecule has 2 aliphatic carbocycles. The summed E-state index contributed by atoms with van der Waals surface area (Å²) in [5.41, 5.74) is 9.08. The van der Waals surface area contributed by atoms with E-state index in [9.17, 15) is 13.2 Å². The third-order valence-corrected chi connectivity index (χ3v) is 8.22. The second-order valence-corrected chi connectivity index (χ2v) is 12.1. The number of hydrogen-bond donors (Lipinski definition) is 2. The molecule has 4 rings (SSSR count). The summed E-state index contributed by atoms with van der Waals surface area (Å²) >= 11 is 0. The zero-order chi connectivity index (χ0) is 27.0. The second kappa shape index (κ2) is 10.3. The number of carbonyl (C=O) groups is 1. The average molecular weight is 531 g/mol. The van der Waals surface area contributed by atoms with Gasteiger partial charge in [-0.2, -0.15) is 4.98 Å². The van der Waals surface area contributed by atoms with Crippen LogP contribution in [0, 0.1) is 5.41 Å². The van der Waals surface area contributed by atoms with E-state index in [0.717, 1.165) is 29.6 Å². The van der Waals surface area contributed by atoms with Gasteiger partial charge in [0, 0.05) is 17.2 Å². The quantitative estimate of drug-likeness (QED) is 0.364. The smallest absolute Gasteiger partial charge is 0.312 e. The predicted octanol–water partition coefficient (Wildman–Crippen LogP) is 3.86. The van der Waals surface area contributed by atoms with Crippen LogP contribution >= 0.6 is 0 Å². The Morgan fingerprint density at radius 3 is 2.73 bits per heavy atom. The number of sulfonamides is 1. The van der Waals surface area contributed by atoms with Crippen LogP contribution in [0.2, 0.25) is 0 Å². The van der Waals surface area contributed by atoms with E-state index >= 15 is 0 Å². The minimum absolute atomic E-state index is 0.00270. The maximum absolute atomic E-state index is 12.9. The summed E-state index contributed by atoms with van der Waals surface area (Å²) in [6.45, 7) is 6.98. The highest BCUT2D eigenvalue weighted by Gasteiger charge is 2.38. The number of nitrogen functional groups attached to an aromatic ring is 1. The van der Waals surface area contributed by atoms with E-state index in [-0.39, 0.29) is 17.9 Å². The molecule has 0 saturated heterocycles. The number of carbonyl (C=O) groups excluding carboxylic acids is 1. The zero-order valence-corrected chi connectivity index (χ0v) is 22.6. The van der Waals surface area contributed by atoms with Crippen molar-refractivity contribution in [1.82, 2.24) is 14.9 Å². The normalized spacial score (nSPS) is 18.1. The van der Waals surface area contributed by atoms with E-state index in [1.807, 2.05) is 19.9 Å². The lowest BCUT2D eigenvalue weighted by molar-refractivity contribution is -0.149. The summed E-state index contributed by atoms with van der Waals surface area (Å²) < 4.78 is 44.6. The summed E-state index contributed by atoms with van der Waals surface area (Å²) in [6.07, 6.45) is 4.86. The maximum atomic E-state index is 12.9. The number of allylic oxidation sites excluding steroid dienone is 3. The molecule has 0 bridgehead atoms. The van der Waals surface area contributed by atoms with Gasteiger partial charge in [-0.1, -0.05) is 11.2 Å². The van der Waals surface area contributed by atoms with E-state index in [1.165, 1.54) is 7.11 Å². The number of nitrogens with two attached hydrogens (primary N) is 1. The van der Waals surface area contributed by atoms with Gasteiger partial charge >= 0.3 is 5.97 Å². The number of aromatic nitrogens is 2. The number of ether oxygens (including phenoxy) is 2. The fourth-order valence-electron chi connectivity index (χ4n) is 4.88. The molecule has 1 aromatic carbocycles. The first-order valence-corrected chi connectivity index (χ1v) is 14.0. The second-order valence-electron chi connectivity index (χ2n) is 10.3. The van der Waals surface area contributed by atoms with Gasteiger partial charge in [-0.25, -0.2) is 13.1 Å². The molecular weight excluding hydrogens is 496 g/mol. The number of anilines is 1. The number of methoxy groups -OCH3 is 1. The lowest BCUT2D eigenvalue weighted by Gasteiger charge is -2.24. The van der Waals surface area contributed by atoms with Crippen molar-refractivity contribution in [3.05, 3.63) is 41.2 Å². The highest BCUT2D eigenvalue weighted by atomic mass is 32.2. The average Bonchev–Trinajstić information content (AvgIpc) is 3.46. The number of nitrogens with one attached hydrogen (secondary N) is 1. The third-order valence-electron chi connectivity index (χ3n) is 6.48. The van der Waals surface area contributed by atoms with Gasteiger partial charge in [-0.05, 0) is 82.7 Å². The standard InChI is InChI=1S/C26H34N4O6S/c1-15(2)35-22-12-9-16(13-20(22)27)24-28-23(29-36-24)19-8-6-7-18-17(19)10-11-21(18)30-37(32,33)14-26(3,4)25(31)34-5/h8-9,12-13,15,21,30H,6-7,10-11,14,27H2,1-5H3/t21-/m0/s1. The van der Waals surface area contributed by atoms with E-state index in [2.05, 4.69) is 20.9 Å². The molecule has 2 aromatic rings. The summed E-state index contributed by atoms with van der Waals surface area (Å²) in [7, 11) is -2.48. The molecule has 3 N–H and O–H groups in total. The maximum Gasteiger partial charge on any atom is 0.312 e. The molecule has 11 heteroatoms. The van der Waals surface area contributed by atoms with Gasteiger partial charge in [0.1, 0.15) is 5.75 Å². The number of benzene rings is 1. The third kappa shape index (κ3) is 5.88. The highest BCUT2D eigenvalue weighted by molar-refractivity contribution is 7.89. The van der Waals surface area contributed by atoms with Crippen LogP contribution in [0.15, 0.2) is 39.9 Å². The molecule has 10 nitrogen and oxygen atoms in total. The Kier molecular flexibility index (Phi) is 7.48. The molecule has 2 aliphatic rings. The van der Waals surface area contributed by atoms with Gasteiger partial charge in [0.25, 0.3) is 5.89 Å².